The summed E-state index contributed by atoms with van der Waals surface area (Å²) in [5, 5.41) is 2.75. The Bertz CT molecular complexity index is 542. The third kappa shape index (κ3) is 4.85. The van der Waals surface area contributed by atoms with Crippen molar-refractivity contribution in [3.05, 3.63) is 27.7 Å². The van der Waals surface area contributed by atoms with Crippen LogP contribution in [0.1, 0.15) is 23.7 Å². The van der Waals surface area contributed by atoms with Crippen molar-refractivity contribution in [3.63, 3.8) is 0 Å². The molecule has 1 aromatic rings. The Morgan fingerprint density at radius 3 is 2.84 bits per heavy atom. The Kier molecular flexibility index (Phi) is 5.94. The normalized spacial score (nSPS) is 13.7. The fraction of sp³-hybridized carbons (Fsp3) is 0.545. The van der Waals surface area contributed by atoms with Gasteiger partial charge in [-0.05, 0) is 6.92 Å². The number of aromatic nitrogens is 1. The van der Waals surface area contributed by atoms with Gasteiger partial charge in [0.15, 0.2) is 0 Å². The highest BCUT2D eigenvalue weighted by Crippen LogP contribution is 2.21. The maximum atomic E-state index is 11.9. The van der Waals surface area contributed by atoms with Crippen molar-refractivity contribution in [3.8, 4) is 0 Å². The molecule has 19 heavy (non-hydrogen) atoms. The first-order valence-corrected chi connectivity index (χ1v) is 8.37. The maximum Gasteiger partial charge on any atom is 0.219 e. The molecule has 0 radical (unpaired) electrons. The van der Waals surface area contributed by atoms with Crippen LogP contribution in [0.5, 0.6) is 0 Å². The van der Waals surface area contributed by atoms with Crippen molar-refractivity contribution >= 4 is 33.0 Å². The molecule has 0 amide bonds. The number of ether oxygens (including phenoxy) is 1. The predicted octanol–water partition coefficient (Wildman–Crippen LogP) is 2.36. The Morgan fingerprint density at radius 1 is 1.68 bits per heavy atom. The van der Waals surface area contributed by atoms with Gasteiger partial charge in [-0.1, -0.05) is 18.2 Å². The highest BCUT2D eigenvalue weighted by molar-refractivity contribution is 7.89. The van der Waals surface area contributed by atoms with Crippen molar-refractivity contribution in [2.24, 2.45) is 0 Å². The smallest absolute Gasteiger partial charge is 0.219 e. The van der Waals surface area contributed by atoms with E-state index in [0.717, 1.165) is 5.01 Å². The Morgan fingerprint density at radius 2 is 2.32 bits per heavy atom. The minimum Gasteiger partial charge on any atom is -0.375 e. The molecule has 0 aliphatic carbocycles. The third-order valence-corrected chi connectivity index (χ3v) is 5.61. The largest absolute Gasteiger partial charge is 0.375 e. The van der Waals surface area contributed by atoms with Crippen LogP contribution in [0.25, 0.3) is 0 Å². The molecule has 0 aliphatic rings. The molecule has 0 N–H and O–H groups in total. The molecule has 1 rings (SSSR count). The van der Waals surface area contributed by atoms with Crippen LogP contribution in [0.15, 0.2) is 17.0 Å². The van der Waals surface area contributed by atoms with Gasteiger partial charge in [0.2, 0.25) is 10.0 Å². The summed E-state index contributed by atoms with van der Waals surface area (Å²) < 4.78 is 30.1. The van der Waals surface area contributed by atoms with Gasteiger partial charge in [0.1, 0.15) is 11.1 Å². The van der Waals surface area contributed by atoms with Crippen molar-refractivity contribution < 1.29 is 13.2 Å². The summed E-state index contributed by atoms with van der Waals surface area (Å²) >= 11 is 6.99. The number of methoxy groups -OCH3 is 1. The summed E-state index contributed by atoms with van der Waals surface area (Å²) in [6.07, 6.45) is -0.0942. The second kappa shape index (κ2) is 6.81. The topological polar surface area (TPSA) is 59.5 Å². The molecule has 5 nitrogen and oxygen atoms in total. The van der Waals surface area contributed by atoms with Gasteiger partial charge in [0.05, 0.1) is 18.0 Å². The molecule has 1 aromatic heterocycles. The molecule has 0 unspecified atom stereocenters. The van der Waals surface area contributed by atoms with E-state index in [9.17, 15) is 8.42 Å². The zero-order valence-corrected chi connectivity index (χ0v) is 13.5. The molecule has 8 heteroatoms. The van der Waals surface area contributed by atoms with E-state index in [0.29, 0.717) is 5.69 Å². The Labute approximate surface area is 122 Å². The number of hydrogen-bond donors (Lipinski definition) is 0. The summed E-state index contributed by atoms with van der Waals surface area (Å²) in [4.78, 5) is 4.35. The highest BCUT2D eigenvalue weighted by atomic mass is 35.5. The lowest BCUT2D eigenvalue weighted by Gasteiger charge is -2.15. The summed E-state index contributed by atoms with van der Waals surface area (Å²) in [5.74, 6) is -0.267. The minimum atomic E-state index is -3.44. The van der Waals surface area contributed by atoms with Crippen molar-refractivity contribution in [1.82, 2.24) is 9.29 Å². The molecule has 0 fully saturated rings. The number of nitrogens with zero attached hydrogens (tertiary/aromatic N) is 2. The lowest BCUT2D eigenvalue weighted by atomic mass is 10.4. The first-order chi connectivity index (χ1) is 8.76. The van der Waals surface area contributed by atoms with Gasteiger partial charge in [-0.15, -0.1) is 11.3 Å². The van der Waals surface area contributed by atoms with Crippen LogP contribution in [0.4, 0.5) is 0 Å². The van der Waals surface area contributed by atoms with Crippen LogP contribution in [0.3, 0.4) is 0 Å². The number of rotatable bonds is 7. The third-order valence-electron chi connectivity index (χ3n) is 2.47. The van der Waals surface area contributed by atoms with Crippen LogP contribution in [0.2, 0.25) is 0 Å². The predicted molar refractivity (Wildman–Crippen MR) is 77.8 cm³/mol. The quantitative estimate of drug-likeness (QED) is 0.772. The highest BCUT2D eigenvalue weighted by Gasteiger charge is 2.20. The average molecular weight is 325 g/mol. The van der Waals surface area contributed by atoms with Gasteiger partial charge < -0.3 is 4.74 Å². The molecular weight excluding hydrogens is 308 g/mol. The SMILES string of the molecule is C=C(Cl)CS(=O)(=O)N(C)Cc1csc([C@@H](C)OC)n1. The van der Waals surface area contributed by atoms with Gasteiger partial charge >= 0.3 is 0 Å². The molecule has 108 valence electrons. The lowest BCUT2D eigenvalue weighted by Crippen LogP contribution is -2.29. The van der Waals surface area contributed by atoms with Gasteiger partial charge in [-0.25, -0.2) is 13.4 Å². The second-order valence-electron chi connectivity index (χ2n) is 4.08. The molecule has 0 saturated heterocycles. The first kappa shape index (κ1) is 16.6. The van der Waals surface area contributed by atoms with E-state index in [1.54, 1.807) is 7.11 Å². The van der Waals surface area contributed by atoms with Crippen molar-refractivity contribution in [2.45, 2.75) is 19.6 Å². The van der Waals surface area contributed by atoms with Crippen LogP contribution in [-0.2, 0) is 21.3 Å². The zero-order valence-electron chi connectivity index (χ0n) is 11.1. The summed E-state index contributed by atoms with van der Waals surface area (Å²) in [6, 6.07) is 0. The van der Waals surface area contributed by atoms with E-state index < -0.39 is 10.0 Å². The van der Waals surface area contributed by atoms with E-state index in [4.69, 9.17) is 16.3 Å². The molecule has 1 heterocycles. The molecule has 1 atom stereocenters. The van der Waals surface area contributed by atoms with Gasteiger partial charge in [0, 0.05) is 24.6 Å². The van der Waals surface area contributed by atoms with Crippen LogP contribution >= 0.6 is 22.9 Å². The fourth-order valence-corrected chi connectivity index (χ4v) is 3.52. The minimum absolute atomic E-state index is 0.0942. The lowest BCUT2D eigenvalue weighted by molar-refractivity contribution is 0.119. The number of thiazole rings is 1. The summed E-state index contributed by atoms with van der Waals surface area (Å²) in [7, 11) is -0.340. The van der Waals surface area contributed by atoms with Gasteiger partial charge in [0.25, 0.3) is 0 Å². The van der Waals surface area contributed by atoms with Gasteiger partial charge in [-0.3, -0.25) is 0 Å². The van der Waals surface area contributed by atoms with Gasteiger partial charge in [-0.2, -0.15) is 4.31 Å². The molecular formula is C11H17ClN2O3S2. The van der Waals surface area contributed by atoms with E-state index in [2.05, 4.69) is 11.6 Å². The number of sulfonamides is 1. The van der Waals surface area contributed by atoms with Crippen LogP contribution in [-0.4, -0.2) is 37.6 Å². The van der Waals surface area contributed by atoms with E-state index in [1.165, 1.54) is 22.7 Å². The fourth-order valence-electron chi connectivity index (χ4n) is 1.32. The molecule has 0 spiro atoms. The van der Waals surface area contributed by atoms with E-state index >= 15 is 0 Å². The van der Waals surface area contributed by atoms with E-state index in [1.807, 2.05) is 12.3 Å². The Hall–Kier alpha value is -0.470. The summed E-state index contributed by atoms with van der Waals surface area (Å²) in [5.41, 5.74) is 0.690. The van der Waals surface area contributed by atoms with Crippen molar-refractivity contribution in [1.29, 1.82) is 0 Å². The van der Waals surface area contributed by atoms with E-state index in [-0.39, 0.29) is 23.4 Å². The van der Waals surface area contributed by atoms with Crippen molar-refractivity contribution in [2.75, 3.05) is 19.9 Å². The molecule has 0 saturated carbocycles. The molecule has 0 aromatic carbocycles. The average Bonchev–Trinajstić information content (AvgIpc) is 2.74. The number of halogens is 1. The van der Waals surface area contributed by atoms with Crippen LogP contribution in [0, 0.1) is 0 Å². The second-order valence-corrected chi connectivity index (χ2v) is 7.58. The molecule has 0 aliphatic heterocycles. The maximum absolute atomic E-state index is 11.9. The number of hydrogen-bond acceptors (Lipinski definition) is 5. The molecule has 0 bridgehead atoms. The zero-order chi connectivity index (χ0) is 14.6. The standard InChI is InChI=1S/C11H17ClN2O3S2/c1-8(12)7-19(15,16)14(3)5-10-6-18-11(13-10)9(2)17-4/h6,9H,1,5,7H2,2-4H3/t9-/m1/s1. The first-order valence-electron chi connectivity index (χ1n) is 5.50. The summed E-state index contributed by atoms with van der Waals surface area (Å²) in [6.45, 7) is 5.49. The Balaban J connectivity index is 2.74. The monoisotopic (exact) mass is 324 g/mol. The van der Waals surface area contributed by atoms with Crippen LogP contribution < -0.4 is 0 Å².